The zero-order chi connectivity index (χ0) is 19.5. The Morgan fingerprint density at radius 2 is 1.72 bits per heavy atom. The fourth-order valence-electron chi connectivity index (χ4n) is 3.87. The standard InChI is InChI=1S/C16H24F3N3O3/c1-14(2,3)10(21-13(25)16(17,18)19)12(24)22-6-7-8(15(7,4)5)9(22)11(20)23/h7-10H,6H2,1-5H3,(H2,20,23)(H,21,25)/t7?,8?,9?,10-/m1/s1. The Labute approximate surface area is 144 Å². The number of piperidine rings is 1. The number of likely N-dealkylation sites (tertiary alicyclic amines) is 1. The van der Waals surface area contributed by atoms with Crippen molar-refractivity contribution < 1.29 is 27.6 Å². The number of nitrogens with two attached hydrogens (primary N) is 1. The lowest BCUT2D eigenvalue weighted by molar-refractivity contribution is -0.176. The molecule has 0 aromatic carbocycles. The molecular weight excluding hydrogens is 339 g/mol. The molecule has 2 rings (SSSR count). The molecule has 4 atom stereocenters. The Bertz CT molecular complexity index is 610. The van der Waals surface area contributed by atoms with Crippen LogP contribution in [0.25, 0.3) is 0 Å². The molecule has 1 aliphatic carbocycles. The molecule has 9 heteroatoms. The molecule has 142 valence electrons. The van der Waals surface area contributed by atoms with Crippen LogP contribution in [0.15, 0.2) is 0 Å². The van der Waals surface area contributed by atoms with E-state index in [-0.39, 0.29) is 23.8 Å². The van der Waals surface area contributed by atoms with Gasteiger partial charge in [0.1, 0.15) is 12.1 Å². The van der Waals surface area contributed by atoms with Gasteiger partial charge in [-0.05, 0) is 22.7 Å². The first-order valence-corrected chi connectivity index (χ1v) is 8.07. The molecular formula is C16H24F3N3O3. The molecule has 3 N–H and O–H groups in total. The van der Waals surface area contributed by atoms with E-state index in [1.165, 1.54) is 4.90 Å². The highest BCUT2D eigenvalue weighted by Crippen LogP contribution is 2.64. The number of halogens is 3. The van der Waals surface area contributed by atoms with Crippen molar-refractivity contribution in [1.82, 2.24) is 10.2 Å². The average molecular weight is 363 g/mol. The van der Waals surface area contributed by atoms with E-state index in [9.17, 15) is 27.6 Å². The van der Waals surface area contributed by atoms with Gasteiger partial charge in [0.2, 0.25) is 11.8 Å². The third kappa shape index (κ3) is 3.32. The van der Waals surface area contributed by atoms with Crippen molar-refractivity contribution in [2.24, 2.45) is 28.4 Å². The van der Waals surface area contributed by atoms with Crippen molar-refractivity contribution >= 4 is 17.7 Å². The molecule has 25 heavy (non-hydrogen) atoms. The summed E-state index contributed by atoms with van der Waals surface area (Å²) in [5.41, 5.74) is 4.34. The van der Waals surface area contributed by atoms with Crippen molar-refractivity contribution in [3.05, 3.63) is 0 Å². The molecule has 3 amide bonds. The molecule has 1 saturated heterocycles. The van der Waals surface area contributed by atoms with Crippen molar-refractivity contribution in [3.63, 3.8) is 0 Å². The number of hydrogen-bond acceptors (Lipinski definition) is 3. The van der Waals surface area contributed by atoms with Gasteiger partial charge < -0.3 is 16.0 Å². The molecule has 0 radical (unpaired) electrons. The molecule has 0 bridgehead atoms. The highest BCUT2D eigenvalue weighted by atomic mass is 19.4. The third-order valence-corrected chi connectivity index (χ3v) is 5.43. The number of fused-ring (bicyclic) bond motifs is 1. The van der Waals surface area contributed by atoms with Gasteiger partial charge in [-0.1, -0.05) is 34.6 Å². The smallest absolute Gasteiger partial charge is 0.368 e. The van der Waals surface area contributed by atoms with Gasteiger partial charge in [-0.25, -0.2) is 0 Å². The Balaban J connectivity index is 2.26. The summed E-state index contributed by atoms with van der Waals surface area (Å²) in [7, 11) is 0. The van der Waals surface area contributed by atoms with E-state index in [4.69, 9.17) is 5.73 Å². The number of carbonyl (C=O) groups excluding carboxylic acids is 3. The number of hydrogen-bond donors (Lipinski definition) is 2. The van der Waals surface area contributed by atoms with Gasteiger partial charge in [-0.15, -0.1) is 0 Å². The van der Waals surface area contributed by atoms with Crippen molar-refractivity contribution in [3.8, 4) is 0 Å². The second-order valence-corrected chi connectivity index (χ2v) is 8.56. The predicted molar refractivity (Wildman–Crippen MR) is 82.9 cm³/mol. The first-order valence-electron chi connectivity index (χ1n) is 8.07. The predicted octanol–water partition coefficient (Wildman–Crippen LogP) is 1.05. The summed E-state index contributed by atoms with van der Waals surface area (Å²) < 4.78 is 37.8. The first kappa shape index (κ1) is 19.5. The van der Waals surface area contributed by atoms with Gasteiger partial charge in [0.15, 0.2) is 0 Å². The summed E-state index contributed by atoms with van der Waals surface area (Å²) in [5, 5.41) is 1.78. The highest BCUT2D eigenvalue weighted by molar-refractivity contribution is 5.94. The van der Waals surface area contributed by atoms with Gasteiger partial charge in [0.25, 0.3) is 0 Å². The number of rotatable bonds is 3. The minimum absolute atomic E-state index is 0.0767. The molecule has 2 aliphatic rings. The third-order valence-electron chi connectivity index (χ3n) is 5.43. The SMILES string of the molecule is CC1(C)C2CN(C(=O)[C@@H](NC(=O)C(F)(F)F)C(C)(C)C)C(C(N)=O)C21. The number of amides is 3. The number of carbonyl (C=O) groups is 3. The molecule has 1 aliphatic heterocycles. The van der Waals surface area contributed by atoms with E-state index in [1.807, 2.05) is 13.8 Å². The van der Waals surface area contributed by atoms with Crippen molar-refractivity contribution in [2.75, 3.05) is 6.54 Å². The Hall–Kier alpha value is -1.80. The minimum atomic E-state index is -5.10. The van der Waals surface area contributed by atoms with Crippen LogP contribution in [-0.4, -0.2) is 47.4 Å². The fourth-order valence-corrected chi connectivity index (χ4v) is 3.87. The van der Waals surface area contributed by atoms with Crippen LogP contribution in [0.4, 0.5) is 13.2 Å². The molecule has 2 fully saturated rings. The van der Waals surface area contributed by atoms with Crippen LogP contribution in [0.3, 0.4) is 0 Å². The van der Waals surface area contributed by atoms with Crippen molar-refractivity contribution in [2.45, 2.75) is 52.9 Å². The Morgan fingerprint density at radius 1 is 1.20 bits per heavy atom. The van der Waals surface area contributed by atoms with Crippen LogP contribution in [0.1, 0.15) is 34.6 Å². The van der Waals surface area contributed by atoms with E-state index in [1.54, 1.807) is 26.1 Å². The summed E-state index contributed by atoms with van der Waals surface area (Å²) in [6.07, 6.45) is -5.10. The maximum Gasteiger partial charge on any atom is 0.471 e. The van der Waals surface area contributed by atoms with Crippen molar-refractivity contribution in [1.29, 1.82) is 0 Å². The minimum Gasteiger partial charge on any atom is -0.368 e. The Kier molecular flexibility index (Phi) is 4.38. The van der Waals surface area contributed by atoms with Gasteiger partial charge in [0, 0.05) is 6.54 Å². The van der Waals surface area contributed by atoms with E-state index < -0.39 is 41.4 Å². The fraction of sp³-hybridized carbons (Fsp3) is 0.812. The summed E-state index contributed by atoms with van der Waals surface area (Å²) in [6.45, 7) is 8.82. The lowest BCUT2D eigenvalue weighted by atomic mass is 9.85. The van der Waals surface area contributed by atoms with E-state index in [2.05, 4.69) is 0 Å². The summed E-state index contributed by atoms with van der Waals surface area (Å²) >= 11 is 0. The van der Waals surface area contributed by atoms with Gasteiger partial charge in [-0.3, -0.25) is 14.4 Å². The van der Waals surface area contributed by atoms with Crippen LogP contribution in [-0.2, 0) is 14.4 Å². The van der Waals surface area contributed by atoms with Gasteiger partial charge >= 0.3 is 12.1 Å². The quantitative estimate of drug-likeness (QED) is 0.785. The van der Waals surface area contributed by atoms with Crippen LogP contribution in [0, 0.1) is 22.7 Å². The summed E-state index contributed by atoms with van der Waals surface area (Å²) in [4.78, 5) is 37.3. The lowest BCUT2D eigenvalue weighted by Gasteiger charge is -2.37. The average Bonchev–Trinajstić information content (AvgIpc) is 2.82. The zero-order valence-electron chi connectivity index (χ0n) is 14.9. The van der Waals surface area contributed by atoms with E-state index in [0.29, 0.717) is 0 Å². The normalized spacial score (nSPS) is 29.0. The largest absolute Gasteiger partial charge is 0.471 e. The summed E-state index contributed by atoms with van der Waals surface area (Å²) in [6, 6.07) is -2.27. The molecule has 3 unspecified atom stereocenters. The van der Waals surface area contributed by atoms with Crippen LogP contribution in [0.2, 0.25) is 0 Å². The second-order valence-electron chi connectivity index (χ2n) is 8.56. The molecule has 1 saturated carbocycles. The molecule has 0 aromatic heterocycles. The second kappa shape index (κ2) is 5.60. The van der Waals surface area contributed by atoms with Crippen LogP contribution < -0.4 is 11.1 Å². The number of primary amides is 1. The highest BCUT2D eigenvalue weighted by Gasteiger charge is 2.69. The topological polar surface area (TPSA) is 92.5 Å². The number of nitrogens with one attached hydrogen (secondary N) is 1. The zero-order valence-corrected chi connectivity index (χ0v) is 14.9. The maximum absolute atomic E-state index is 12.9. The first-order chi connectivity index (χ1) is 11.1. The molecule has 0 aromatic rings. The Morgan fingerprint density at radius 3 is 2.12 bits per heavy atom. The van der Waals surface area contributed by atoms with Gasteiger partial charge in [0.05, 0.1) is 0 Å². The van der Waals surface area contributed by atoms with Gasteiger partial charge in [-0.2, -0.15) is 13.2 Å². The maximum atomic E-state index is 12.9. The molecule has 1 heterocycles. The molecule has 0 spiro atoms. The molecule has 6 nitrogen and oxygen atoms in total. The number of alkyl halides is 3. The monoisotopic (exact) mass is 363 g/mol. The van der Waals surface area contributed by atoms with E-state index in [0.717, 1.165) is 0 Å². The van der Waals surface area contributed by atoms with E-state index >= 15 is 0 Å². The summed E-state index contributed by atoms with van der Waals surface area (Å²) in [5.74, 6) is -3.60. The van der Waals surface area contributed by atoms with Crippen LogP contribution in [0.5, 0.6) is 0 Å². The van der Waals surface area contributed by atoms with Crippen LogP contribution >= 0.6 is 0 Å². The lowest BCUT2D eigenvalue weighted by Crippen LogP contribution is -2.60. The number of nitrogens with zero attached hydrogens (tertiary/aromatic N) is 1.